The Morgan fingerprint density at radius 1 is 1.24 bits per heavy atom. The molecule has 0 fully saturated rings. The van der Waals surface area contributed by atoms with E-state index in [-0.39, 0.29) is 6.42 Å². The molecule has 0 aliphatic carbocycles. The highest BCUT2D eigenvalue weighted by molar-refractivity contribution is 6.63. The molecule has 2 rings (SSSR count). The van der Waals surface area contributed by atoms with Crippen LogP contribution in [0.4, 0.5) is 4.79 Å². The van der Waals surface area contributed by atoms with Gasteiger partial charge in [-0.3, -0.25) is 4.79 Å². The van der Waals surface area contributed by atoms with Crippen LogP contribution in [0, 0.1) is 6.92 Å². The van der Waals surface area contributed by atoms with Crippen molar-refractivity contribution in [1.29, 1.82) is 0 Å². The Bertz CT molecular complexity index is 710. The zero-order valence-electron chi connectivity index (χ0n) is 12.6. The second-order valence-electron chi connectivity index (χ2n) is 5.93. The summed E-state index contributed by atoms with van der Waals surface area (Å²) in [6.07, 6.45) is -0.367. The van der Waals surface area contributed by atoms with E-state index in [1.54, 1.807) is 6.92 Å². The Morgan fingerprint density at radius 2 is 1.86 bits per heavy atom. The Hall–Kier alpha value is -1.81. The number of fused-ring (bicyclic) bond motifs is 1. The van der Waals surface area contributed by atoms with Crippen molar-refractivity contribution < 1.29 is 14.3 Å². The average Bonchev–Trinajstić information content (AvgIpc) is 2.60. The van der Waals surface area contributed by atoms with E-state index >= 15 is 0 Å². The molecule has 0 radical (unpaired) electrons. The van der Waals surface area contributed by atoms with Crippen molar-refractivity contribution in [2.24, 2.45) is 0 Å². The molecule has 4 nitrogen and oxygen atoms in total. The Labute approximate surface area is 128 Å². The predicted molar refractivity (Wildman–Crippen MR) is 82.9 cm³/mol. The minimum atomic E-state index is -0.586. The second-order valence-corrected chi connectivity index (χ2v) is 6.35. The van der Waals surface area contributed by atoms with Crippen molar-refractivity contribution in [3.8, 4) is 0 Å². The van der Waals surface area contributed by atoms with E-state index in [0.717, 1.165) is 16.5 Å². The van der Waals surface area contributed by atoms with Gasteiger partial charge < -0.3 is 4.74 Å². The van der Waals surface area contributed by atoms with Crippen LogP contribution >= 0.6 is 11.6 Å². The highest BCUT2D eigenvalue weighted by Crippen LogP contribution is 2.27. The zero-order chi connectivity index (χ0) is 15.8. The predicted octanol–water partition coefficient (Wildman–Crippen LogP) is 4.04. The summed E-state index contributed by atoms with van der Waals surface area (Å²) >= 11 is 5.52. The highest BCUT2D eigenvalue weighted by atomic mass is 35.5. The summed E-state index contributed by atoms with van der Waals surface area (Å²) in [5.74, 6) is 0. The molecule has 2 aromatic rings. The molecular weight excluding hydrogens is 290 g/mol. The molecule has 0 unspecified atom stereocenters. The smallest absolute Gasteiger partial charge is 0.419 e. The van der Waals surface area contributed by atoms with Gasteiger partial charge in [0.15, 0.2) is 0 Å². The maximum atomic E-state index is 12.4. The third-order valence-corrected chi connectivity index (χ3v) is 3.27. The maximum absolute atomic E-state index is 12.4. The number of hydrogen-bond donors (Lipinski definition) is 0. The quantitative estimate of drug-likeness (QED) is 0.787. The molecule has 21 heavy (non-hydrogen) atoms. The van der Waals surface area contributed by atoms with Gasteiger partial charge in [-0.25, -0.2) is 9.36 Å². The van der Waals surface area contributed by atoms with Gasteiger partial charge in [-0.1, -0.05) is 18.2 Å². The first-order valence-electron chi connectivity index (χ1n) is 6.71. The summed E-state index contributed by atoms with van der Waals surface area (Å²) in [5, 5.41) is 0.389. The molecule has 1 heterocycles. The number of aromatic nitrogens is 1. The van der Waals surface area contributed by atoms with Crippen molar-refractivity contribution in [1.82, 2.24) is 4.57 Å². The van der Waals surface area contributed by atoms with Gasteiger partial charge in [-0.05, 0) is 50.9 Å². The van der Waals surface area contributed by atoms with E-state index in [4.69, 9.17) is 16.3 Å². The average molecular weight is 308 g/mol. The van der Waals surface area contributed by atoms with Crippen molar-refractivity contribution >= 4 is 33.8 Å². The molecule has 0 N–H and O–H groups in total. The lowest BCUT2D eigenvalue weighted by molar-refractivity contribution is -0.111. The standard InChI is InChI=1S/C16H18ClNO3/c1-10-12(9-14(17)19)11-7-5-6-8-13(11)18(10)15(20)21-16(2,3)4/h5-8H,9H2,1-4H3. The van der Waals surface area contributed by atoms with E-state index in [2.05, 4.69) is 0 Å². The van der Waals surface area contributed by atoms with E-state index < -0.39 is 16.9 Å². The third-order valence-electron chi connectivity index (χ3n) is 3.13. The maximum Gasteiger partial charge on any atom is 0.419 e. The number of carbonyl (C=O) groups is 2. The van der Waals surface area contributed by atoms with Crippen LogP contribution in [-0.2, 0) is 16.0 Å². The number of para-hydroxylation sites is 1. The first-order valence-corrected chi connectivity index (χ1v) is 7.09. The Morgan fingerprint density at radius 3 is 2.43 bits per heavy atom. The van der Waals surface area contributed by atoms with E-state index in [0.29, 0.717) is 5.69 Å². The van der Waals surface area contributed by atoms with E-state index in [1.807, 2.05) is 45.0 Å². The van der Waals surface area contributed by atoms with Gasteiger partial charge >= 0.3 is 6.09 Å². The number of ether oxygens (including phenoxy) is 1. The summed E-state index contributed by atoms with van der Waals surface area (Å²) in [4.78, 5) is 23.7. The van der Waals surface area contributed by atoms with Crippen LogP contribution in [0.25, 0.3) is 10.9 Å². The van der Waals surface area contributed by atoms with Crippen molar-refractivity contribution in [3.05, 3.63) is 35.5 Å². The number of benzene rings is 1. The van der Waals surface area contributed by atoms with Crippen LogP contribution in [-0.4, -0.2) is 21.5 Å². The molecule has 0 aliphatic heterocycles. The summed E-state index contributed by atoms with van der Waals surface area (Å²) in [6.45, 7) is 7.23. The SMILES string of the molecule is Cc1c(CC(=O)Cl)c2ccccc2n1C(=O)OC(C)(C)C. The fraction of sp³-hybridized carbons (Fsp3) is 0.375. The van der Waals surface area contributed by atoms with Gasteiger partial charge in [0.05, 0.1) is 5.52 Å². The van der Waals surface area contributed by atoms with Crippen LogP contribution in [0.15, 0.2) is 24.3 Å². The molecule has 1 aromatic heterocycles. The van der Waals surface area contributed by atoms with Gasteiger partial charge in [-0.15, -0.1) is 0 Å². The minimum absolute atomic E-state index is 0.0870. The lowest BCUT2D eigenvalue weighted by Crippen LogP contribution is -2.27. The molecule has 0 aliphatic rings. The number of rotatable bonds is 2. The number of carbonyl (C=O) groups excluding carboxylic acids is 2. The topological polar surface area (TPSA) is 48.3 Å². The molecule has 1 aromatic carbocycles. The lowest BCUT2D eigenvalue weighted by Gasteiger charge is -2.20. The van der Waals surface area contributed by atoms with Crippen LogP contribution in [0.3, 0.4) is 0 Å². The summed E-state index contributed by atoms with van der Waals surface area (Å²) < 4.78 is 6.93. The minimum Gasteiger partial charge on any atom is -0.443 e. The monoisotopic (exact) mass is 307 g/mol. The zero-order valence-corrected chi connectivity index (χ0v) is 13.3. The van der Waals surface area contributed by atoms with Gasteiger partial charge in [0.25, 0.3) is 0 Å². The van der Waals surface area contributed by atoms with Crippen molar-refractivity contribution in [2.75, 3.05) is 0 Å². The van der Waals surface area contributed by atoms with Gasteiger partial charge in [-0.2, -0.15) is 0 Å². The molecule has 0 atom stereocenters. The summed E-state index contributed by atoms with van der Waals surface area (Å²) in [7, 11) is 0. The third kappa shape index (κ3) is 3.27. The first kappa shape index (κ1) is 15.6. The Kier molecular flexibility index (Phi) is 4.10. The largest absolute Gasteiger partial charge is 0.443 e. The lowest BCUT2D eigenvalue weighted by atomic mass is 10.1. The Balaban J connectivity index is 2.61. The molecular formula is C16H18ClNO3. The molecule has 0 amide bonds. The second kappa shape index (κ2) is 5.53. The van der Waals surface area contributed by atoms with Crippen LogP contribution in [0.1, 0.15) is 32.0 Å². The number of halogens is 1. The van der Waals surface area contributed by atoms with Gasteiger partial charge in [0.1, 0.15) is 5.60 Å². The van der Waals surface area contributed by atoms with Crippen LogP contribution in [0.5, 0.6) is 0 Å². The summed E-state index contributed by atoms with van der Waals surface area (Å²) in [6, 6.07) is 7.41. The molecule has 0 spiro atoms. The van der Waals surface area contributed by atoms with Crippen molar-refractivity contribution in [3.63, 3.8) is 0 Å². The first-order chi connectivity index (χ1) is 9.70. The number of hydrogen-bond acceptors (Lipinski definition) is 3. The molecule has 112 valence electrons. The summed E-state index contributed by atoms with van der Waals surface area (Å²) in [5.41, 5.74) is 1.57. The highest BCUT2D eigenvalue weighted by Gasteiger charge is 2.24. The van der Waals surface area contributed by atoms with E-state index in [1.165, 1.54) is 4.57 Å². The molecule has 0 bridgehead atoms. The van der Waals surface area contributed by atoms with Crippen molar-refractivity contribution in [2.45, 2.75) is 39.7 Å². The normalized spacial score (nSPS) is 11.7. The van der Waals surface area contributed by atoms with Gasteiger partial charge in [0.2, 0.25) is 5.24 Å². The van der Waals surface area contributed by atoms with Gasteiger partial charge in [0, 0.05) is 17.5 Å². The fourth-order valence-corrected chi connectivity index (χ4v) is 2.47. The van der Waals surface area contributed by atoms with E-state index in [9.17, 15) is 9.59 Å². The molecule has 5 heteroatoms. The van der Waals surface area contributed by atoms with Crippen LogP contribution in [0.2, 0.25) is 0 Å². The fourth-order valence-electron chi connectivity index (χ4n) is 2.34. The molecule has 0 saturated carbocycles. The number of nitrogens with zero attached hydrogens (tertiary/aromatic N) is 1. The van der Waals surface area contributed by atoms with Crippen LogP contribution < -0.4 is 0 Å². The molecule has 0 saturated heterocycles.